The first kappa shape index (κ1) is 17.4. The number of nitrogens with zero attached hydrogens (tertiary/aromatic N) is 1. The Labute approximate surface area is 147 Å². The van der Waals surface area contributed by atoms with E-state index in [9.17, 15) is 13.2 Å². The van der Waals surface area contributed by atoms with Crippen molar-refractivity contribution in [3.05, 3.63) is 65.7 Å². The van der Waals surface area contributed by atoms with E-state index in [0.29, 0.717) is 6.54 Å². The Bertz CT molecular complexity index is 834. The highest BCUT2D eigenvalue weighted by Crippen LogP contribution is 2.18. The lowest BCUT2D eigenvalue weighted by molar-refractivity contribution is 0.104. The van der Waals surface area contributed by atoms with E-state index in [4.69, 9.17) is 8.92 Å². The zero-order chi connectivity index (χ0) is 17.9. The van der Waals surface area contributed by atoms with E-state index in [2.05, 4.69) is 0 Å². The Balaban J connectivity index is 1.57. The lowest BCUT2D eigenvalue weighted by Gasteiger charge is -2.13. The van der Waals surface area contributed by atoms with E-state index in [1.165, 1.54) is 17.0 Å². The molecular weight excluding hydrogens is 342 g/mol. The molecule has 1 atom stereocenters. The minimum Gasteiger partial charge on any atom is -0.442 e. The maximum atomic E-state index is 12.2. The predicted octanol–water partition coefficient (Wildman–Crippen LogP) is 2.72. The molecule has 1 saturated heterocycles. The molecule has 0 aliphatic carbocycles. The largest absolute Gasteiger partial charge is 0.442 e. The molecule has 0 saturated carbocycles. The first-order valence-corrected chi connectivity index (χ1v) is 9.30. The summed E-state index contributed by atoms with van der Waals surface area (Å²) in [5, 5.41) is 0. The van der Waals surface area contributed by atoms with Crippen molar-refractivity contribution in [1.29, 1.82) is 0 Å². The van der Waals surface area contributed by atoms with Crippen LogP contribution in [0.5, 0.6) is 0 Å². The number of carbonyl (C=O) groups excluding carboxylic acids is 1. The van der Waals surface area contributed by atoms with Crippen molar-refractivity contribution >= 4 is 16.2 Å². The summed E-state index contributed by atoms with van der Waals surface area (Å²) in [4.78, 5) is 13.5. The third-order valence-electron chi connectivity index (χ3n) is 3.88. The Morgan fingerprint density at radius 3 is 2.48 bits per heavy atom. The van der Waals surface area contributed by atoms with Crippen LogP contribution in [-0.4, -0.2) is 38.7 Å². The molecule has 0 spiro atoms. The first-order chi connectivity index (χ1) is 11.9. The van der Waals surface area contributed by atoms with Gasteiger partial charge in [0.05, 0.1) is 11.4 Å². The second-order valence-corrected chi connectivity index (χ2v) is 7.54. The zero-order valence-corrected chi connectivity index (χ0v) is 14.6. The van der Waals surface area contributed by atoms with Gasteiger partial charge in [0, 0.05) is 6.54 Å². The maximum Gasteiger partial charge on any atom is 0.410 e. The molecule has 1 aliphatic rings. The normalized spacial score (nSPS) is 17.6. The molecule has 0 bridgehead atoms. The van der Waals surface area contributed by atoms with Gasteiger partial charge in [-0.1, -0.05) is 48.0 Å². The molecule has 1 amide bonds. The number of aryl methyl sites for hydroxylation is 1. The summed E-state index contributed by atoms with van der Waals surface area (Å²) in [6, 6.07) is 15.9. The number of rotatable bonds is 6. The minimum atomic E-state index is -3.87. The van der Waals surface area contributed by atoms with Gasteiger partial charge in [-0.2, -0.15) is 8.42 Å². The fourth-order valence-corrected chi connectivity index (χ4v) is 3.47. The molecule has 0 radical (unpaired) electrons. The van der Waals surface area contributed by atoms with Crippen LogP contribution in [0.25, 0.3) is 0 Å². The average molecular weight is 361 g/mol. The van der Waals surface area contributed by atoms with Crippen molar-refractivity contribution in [3.8, 4) is 0 Å². The summed E-state index contributed by atoms with van der Waals surface area (Å²) in [7, 11) is -3.87. The van der Waals surface area contributed by atoms with Gasteiger partial charge in [-0.05, 0) is 24.6 Å². The van der Waals surface area contributed by atoms with E-state index < -0.39 is 22.3 Å². The smallest absolute Gasteiger partial charge is 0.410 e. The molecule has 1 unspecified atom stereocenters. The topological polar surface area (TPSA) is 72.9 Å². The summed E-state index contributed by atoms with van der Waals surface area (Å²) in [6.07, 6.45) is -1.08. The Hall–Kier alpha value is -2.38. The van der Waals surface area contributed by atoms with Crippen LogP contribution in [0.1, 0.15) is 11.1 Å². The van der Waals surface area contributed by atoms with Gasteiger partial charge in [0.25, 0.3) is 10.1 Å². The molecule has 6 nitrogen and oxygen atoms in total. The molecule has 2 aromatic carbocycles. The van der Waals surface area contributed by atoms with Crippen LogP contribution in [-0.2, 0) is 25.6 Å². The van der Waals surface area contributed by atoms with Crippen molar-refractivity contribution < 1.29 is 22.1 Å². The van der Waals surface area contributed by atoms with E-state index in [0.717, 1.165) is 11.1 Å². The fraction of sp³-hybridized carbons (Fsp3) is 0.278. The van der Waals surface area contributed by atoms with Crippen LogP contribution in [0.2, 0.25) is 0 Å². The van der Waals surface area contributed by atoms with Crippen LogP contribution in [0.3, 0.4) is 0 Å². The quantitative estimate of drug-likeness (QED) is 0.740. The first-order valence-electron chi connectivity index (χ1n) is 7.89. The molecule has 0 aromatic heterocycles. The minimum absolute atomic E-state index is 0.0866. The second-order valence-electron chi connectivity index (χ2n) is 5.92. The second kappa shape index (κ2) is 7.25. The highest BCUT2D eigenvalue weighted by molar-refractivity contribution is 7.86. The van der Waals surface area contributed by atoms with Crippen LogP contribution in [0.15, 0.2) is 59.5 Å². The van der Waals surface area contributed by atoms with Crippen molar-refractivity contribution in [2.24, 2.45) is 0 Å². The predicted molar refractivity (Wildman–Crippen MR) is 91.4 cm³/mol. The molecule has 3 rings (SSSR count). The molecule has 132 valence electrons. The molecule has 1 aliphatic heterocycles. The zero-order valence-electron chi connectivity index (χ0n) is 13.8. The van der Waals surface area contributed by atoms with E-state index in [-0.39, 0.29) is 18.0 Å². The van der Waals surface area contributed by atoms with Gasteiger partial charge in [0.1, 0.15) is 12.7 Å². The van der Waals surface area contributed by atoms with Crippen LogP contribution < -0.4 is 0 Å². The number of carbonyl (C=O) groups is 1. The lowest BCUT2D eigenvalue weighted by atomic mass is 10.2. The Kier molecular flexibility index (Phi) is 5.06. The molecule has 7 heteroatoms. The fourth-order valence-electron chi connectivity index (χ4n) is 2.53. The van der Waals surface area contributed by atoms with Gasteiger partial charge in [0.15, 0.2) is 0 Å². The molecule has 2 aromatic rings. The maximum absolute atomic E-state index is 12.2. The molecule has 1 heterocycles. The van der Waals surface area contributed by atoms with Gasteiger partial charge >= 0.3 is 6.09 Å². The van der Waals surface area contributed by atoms with Crippen molar-refractivity contribution in [2.75, 3.05) is 13.2 Å². The Morgan fingerprint density at radius 1 is 1.12 bits per heavy atom. The summed E-state index contributed by atoms with van der Waals surface area (Å²) >= 11 is 0. The van der Waals surface area contributed by atoms with Crippen molar-refractivity contribution in [1.82, 2.24) is 4.90 Å². The monoisotopic (exact) mass is 361 g/mol. The van der Waals surface area contributed by atoms with Gasteiger partial charge < -0.3 is 9.64 Å². The average Bonchev–Trinajstić information content (AvgIpc) is 2.94. The standard InChI is InChI=1S/C18H19NO5S/c1-14-7-9-17(10-8-14)25(21,22)23-13-16-12-19(18(20)24-16)11-15-5-3-2-4-6-15/h2-10,16H,11-13H2,1H3. The third kappa shape index (κ3) is 4.37. The molecule has 25 heavy (non-hydrogen) atoms. The summed E-state index contributed by atoms with van der Waals surface area (Å²) in [5.41, 5.74) is 1.94. The van der Waals surface area contributed by atoms with E-state index in [1.807, 2.05) is 37.3 Å². The van der Waals surface area contributed by atoms with Gasteiger partial charge in [-0.25, -0.2) is 4.79 Å². The highest BCUT2D eigenvalue weighted by atomic mass is 32.2. The number of amides is 1. The van der Waals surface area contributed by atoms with Gasteiger partial charge in [0.2, 0.25) is 0 Å². The Morgan fingerprint density at radius 2 is 1.80 bits per heavy atom. The summed E-state index contributed by atoms with van der Waals surface area (Å²) in [5.74, 6) is 0. The molecular formula is C18H19NO5S. The highest BCUT2D eigenvalue weighted by Gasteiger charge is 2.32. The molecule has 0 N–H and O–H groups in total. The summed E-state index contributed by atoms with van der Waals surface area (Å²) < 4.78 is 34.6. The van der Waals surface area contributed by atoms with Crippen molar-refractivity contribution in [2.45, 2.75) is 24.5 Å². The van der Waals surface area contributed by atoms with E-state index in [1.54, 1.807) is 12.1 Å². The van der Waals surface area contributed by atoms with Crippen molar-refractivity contribution in [3.63, 3.8) is 0 Å². The number of hydrogen-bond donors (Lipinski definition) is 0. The number of benzene rings is 2. The number of ether oxygens (including phenoxy) is 1. The van der Waals surface area contributed by atoms with Crippen LogP contribution in [0.4, 0.5) is 4.79 Å². The number of cyclic esters (lactones) is 1. The van der Waals surface area contributed by atoms with Gasteiger partial charge in [-0.15, -0.1) is 0 Å². The van der Waals surface area contributed by atoms with Crippen LogP contribution in [0, 0.1) is 6.92 Å². The SMILES string of the molecule is Cc1ccc(S(=O)(=O)OCC2CN(Cc3ccccc3)C(=O)O2)cc1. The number of hydrogen-bond acceptors (Lipinski definition) is 5. The van der Waals surface area contributed by atoms with E-state index >= 15 is 0 Å². The van der Waals surface area contributed by atoms with Crippen LogP contribution >= 0.6 is 0 Å². The third-order valence-corrected chi connectivity index (χ3v) is 5.18. The lowest BCUT2D eigenvalue weighted by Crippen LogP contribution is -2.26. The van der Waals surface area contributed by atoms with Gasteiger partial charge in [-0.3, -0.25) is 4.18 Å². The summed E-state index contributed by atoms with van der Waals surface area (Å²) in [6.45, 7) is 2.38. The molecule has 1 fully saturated rings.